The van der Waals surface area contributed by atoms with Crippen LogP contribution in [0.4, 0.5) is 30.7 Å². The molecule has 0 aliphatic rings. The molecule has 0 radical (unpaired) electrons. The van der Waals surface area contributed by atoms with Crippen molar-refractivity contribution in [2.75, 3.05) is 0 Å². The molecular weight excluding hydrogens is 241 g/mol. The van der Waals surface area contributed by atoms with Crippen LogP contribution in [0.25, 0.3) is 0 Å². The standard InChI is InChI=1S/C9H5F7/c10-6-3-1-2-5(4-6)7(11)8(12,13)9(14,15)16/h1-4,7H. The minimum absolute atomic E-state index is 0.296. The second kappa shape index (κ2) is 3.95. The zero-order chi connectivity index (χ0) is 12.6. The Morgan fingerprint density at radius 1 is 1.00 bits per heavy atom. The van der Waals surface area contributed by atoms with E-state index in [0.717, 1.165) is 12.1 Å². The molecular formula is C9H5F7. The van der Waals surface area contributed by atoms with Crippen molar-refractivity contribution < 1.29 is 30.7 Å². The van der Waals surface area contributed by atoms with Crippen molar-refractivity contribution in [2.24, 2.45) is 0 Å². The summed E-state index contributed by atoms with van der Waals surface area (Å²) in [5.74, 6) is -6.63. The predicted molar refractivity (Wildman–Crippen MR) is 41.3 cm³/mol. The van der Waals surface area contributed by atoms with Gasteiger partial charge in [0.05, 0.1) is 0 Å². The van der Waals surface area contributed by atoms with E-state index >= 15 is 0 Å². The number of hydrogen-bond acceptors (Lipinski definition) is 0. The molecule has 0 heterocycles. The van der Waals surface area contributed by atoms with Crippen molar-refractivity contribution in [3.63, 3.8) is 0 Å². The summed E-state index contributed by atoms with van der Waals surface area (Å²) in [5.41, 5.74) is -1.05. The van der Waals surface area contributed by atoms with E-state index in [1.165, 1.54) is 0 Å². The molecule has 0 nitrogen and oxygen atoms in total. The van der Waals surface area contributed by atoms with Gasteiger partial charge < -0.3 is 0 Å². The lowest BCUT2D eigenvalue weighted by atomic mass is 10.0. The SMILES string of the molecule is Fc1cccc(C(F)C(F)(F)C(F)(F)F)c1. The Kier molecular flexibility index (Phi) is 3.16. The summed E-state index contributed by atoms with van der Waals surface area (Å²) in [6, 6.07) is 2.61. The van der Waals surface area contributed by atoms with Crippen LogP contribution in [-0.2, 0) is 0 Å². The predicted octanol–water partition coefficient (Wildman–Crippen LogP) is 4.03. The molecule has 1 aromatic carbocycles. The second-order valence-corrected chi connectivity index (χ2v) is 3.04. The summed E-state index contributed by atoms with van der Waals surface area (Å²) in [4.78, 5) is 0. The molecule has 0 aliphatic carbocycles. The van der Waals surface area contributed by atoms with Crippen LogP contribution in [0.15, 0.2) is 24.3 Å². The van der Waals surface area contributed by atoms with Crippen LogP contribution >= 0.6 is 0 Å². The first-order valence-electron chi connectivity index (χ1n) is 4.00. The number of hydrogen-bond donors (Lipinski definition) is 0. The molecule has 1 atom stereocenters. The van der Waals surface area contributed by atoms with Crippen LogP contribution in [0.2, 0.25) is 0 Å². The monoisotopic (exact) mass is 246 g/mol. The molecule has 1 unspecified atom stereocenters. The Balaban J connectivity index is 3.07. The zero-order valence-corrected chi connectivity index (χ0v) is 7.53. The van der Waals surface area contributed by atoms with Crippen LogP contribution in [0.5, 0.6) is 0 Å². The maximum atomic E-state index is 13.0. The molecule has 0 fully saturated rings. The molecule has 1 aromatic rings. The quantitative estimate of drug-likeness (QED) is 0.691. The Morgan fingerprint density at radius 2 is 1.56 bits per heavy atom. The van der Waals surface area contributed by atoms with Crippen LogP contribution in [0.3, 0.4) is 0 Å². The largest absolute Gasteiger partial charge is 0.456 e. The van der Waals surface area contributed by atoms with Gasteiger partial charge in [-0.3, -0.25) is 0 Å². The minimum Gasteiger partial charge on any atom is -0.235 e. The molecule has 90 valence electrons. The van der Waals surface area contributed by atoms with E-state index in [2.05, 4.69) is 0 Å². The van der Waals surface area contributed by atoms with Crippen LogP contribution in [0.1, 0.15) is 11.7 Å². The van der Waals surface area contributed by atoms with Crippen molar-refractivity contribution in [3.05, 3.63) is 35.6 Å². The van der Waals surface area contributed by atoms with Crippen molar-refractivity contribution in [2.45, 2.75) is 18.3 Å². The molecule has 0 spiro atoms. The first-order valence-corrected chi connectivity index (χ1v) is 4.00. The first-order chi connectivity index (χ1) is 7.16. The van der Waals surface area contributed by atoms with Crippen LogP contribution in [0, 0.1) is 5.82 Å². The summed E-state index contributed by atoms with van der Waals surface area (Å²) in [6.45, 7) is 0. The lowest BCUT2D eigenvalue weighted by Gasteiger charge is -2.23. The lowest BCUT2D eigenvalue weighted by molar-refractivity contribution is -0.305. The third-order valence-electron chi connectivity index (χ3n) is 1.84. The van der Waals surface area contributed by atoms with Gasteiger partial charge in [0.1, 0.15) is 5.82 Å². The highest BCUT2D eigenvalue weighted by Gasteiger charge is 2.63. The van der Waals surface area contributed by atoms with E-state index in [9.17, 15) is 30.7 Å². The smallest absolute Gasteiger partial charge is 0.235 e. The third-order valence-corrected chi connectivity index (χ3v) is 1.84. The maximum absolute atomic E-state index is 13.0. The molecule has 0 saturated heterocycles. The van der Waals surface area contributed by atoms with Gasteiger partial charge in [-0.1, -0.05) is 12.1 Å². The van der Waals surface area contributed by atoms with E-state index in [-0.39, 0.29) is 0 Å². The summed E-state index contributed by atoms with van der Waals surface area (Å²) in [7, 11) is 0. The van der Waals surface area contributed by atoms with Gasteiger partial charge in [-0.05, 0) is 17.7 Å². The first kappa shape index (κ1) is 12.8. The average Bonchev–Trinajstić information content (AvgIpc) is 2.14. The zero-order valence-electron chi connectivity index (χ0n) is 7.53. The molecule has 0 bridgehead atoms. The van der Waals surface area contributed by atoms with Gasteiger partial charge in [0.15, 0.2) is 6.17 Å². The molecule has 0 aliphatic heterocycles. The van der Waals surface area contributed by atoms with Crippen LogP contribution < -0.4 is 0 Å². The molecule has 0 saturated carbocycles. The van der Waals surface area contributed by atoms with Gasteiger partial charge in [-0.15, -0.1) is 0 Å². The number of rotatable bonds is 2. The van der Waals surface area contributed by atoms with Gasteiger partial charge in [0, 0.05) is 0 Å². The van der Waals surface area contributed by atoms with Gasteiger partial charge >= 0.3 is 12.1 Å². The molecule has 16 heavy (non-hydrogen) atoms. The van der Waals surface area contributed by atoms with E-state index in [1.54, 1.807) is 0 Å². The Bertz CT molecular complexity index is 368. The number of benzene rings is 1. The third kappa shape index (κ3) is 2.28. The highest BCUT2D eigenvalue weighted by atomic mass is 19.4. The van der Waals surface area contributed by atoms with Gasteiger partial charge in [-0.25, -0.2) is 8.78 Å². The van der Waals surface area contributed by atoms with E-state index in [0.29, 0.717) is 12.1 Å². The normalized spacial score (nSPS) is 14.9. The van der Waals surface area contributed by atoms with E-state index in [4.69, 9.17) is 0 Å². The number of alkyl halides is 6. The lowest BCUT2D eigenvalue weighted by Crippen LogP contribution is -2.40. The highest BCUT2D eigenvalue weighted by molar-refractivity contribution is 5.21. The van der Waals surface area contributed by atoms with Gasteiger partial charge in [-0.2, -0.15) is 22.0 Å². The minimum atomic E-state index is -6.02. The Hall–Kier alpha value is -1.27. The fourth-order valence-electron chi connectivity index (χ4n) is 1.02. The summed E-state index contributed by atoms with van der Waals surface area (Å²) >= 11 is 0. The van der Waals surface area contributed by atoms with E-state index in [1.807, 2.05) is 0 Å². The fourth-order valence-corrected chi connectivity index (χ4v) is 1.02. The topological polar surface area (TPSA) is 0 Å². The van der Waals surface area contributed by atoms with Crippen molar-refractivity contribution >= 4 is 0 Å². The summed E-state index contributed by atoms with van der Waals surface area (Å²) < 4.78 is 85.9. The molecule has 7 heteroatoms. The van der Waals surface area contributed by atoms with E-state index < -0.39 is 29.7 Å². The van der Waals surface area contributed by atoms with Gasteiger partial charge in [0.2, 0.25) is 0 Å². The van der Waals surface area contributed by atoms with Gasteiger partial charge in [0.25, 0.3) is 0 Å². The Labute approximate surface area is 85.7 Å². The van der Waals surface area contributed by atoms with Crippen molar-refractivity contribution in [1.29, 1.82) is 0 Å². The van der Waals surface area contributed by atoms with Crippen molar-refractivity contribution in [3.8, 4) is 0 Å². The highest BCUT2D eigenvalue weighted by Crippen LogP contribution is 2.46. The molecule has 0 aromatic heterocycles. The number of halogens is 7. The van der Waals surface area contributed by atoms with Crippen LogP contribution in [-0.4, -0.2) is 12.1 Å². The molecule has 0 amide bonds. The Morgan fingerprint density at radius 3 is 2.00 bits per heavy atom. The average molecular weight is 246 g/mol. The summed E-state index contributed by atoms with van der Waals surface area (Å²) in [6.07, 6.45) is -9.64. The fraction of sp³-hybridized carbons (Fsp3) is 0.333. The molecule has 0 N–H and O–H groups in total. The second-order valence-electron chi connectivity index (χ2n) is 3.04. The van der Waals surface area contributed by atoms with Crippen molar-refractivity contribution in [1.82, 2.24) is 0 Å². The summed E-state index contributed by atoms with van der Waals surface area (Å²) in [5, 5.41) is 0. The maximum Gasteiger partial charge on any atom is 0.456 e. The molecule has 1 rings (SSSR count).